The van der Waals surface area contributed by atoms with Crippen LogP contribution in [-0.2, 0) is 0 Å². The van der Waals surface area contributed by atoms with Gasteiger partial charge in [0.1, 0.15) is 0 Å². The molecule has 0 saturated carbocycles. The molecule has 0 aliphatic heterocycles. The van der Waals surface area contributed by atoms with E-state index in [-0.39, 0.29) is 11.7 Å². The summed E-state index contributed by atoms with van der Waals surface area (Å²) in [7, 11) is 0. The van der Waals surface area contributed by atoms with E-state index in [0.29, 0.717) is 11.3 Å². The van der Waals surface area contributed by atoms with Gasteiger partial charge in [0, 0.05) is 17.2 Å². The fraction of sp³-hybridized carbons (Fsp3) is 0.267. The van der Waals surface area contributed by atoms with Gasteiger partial charge in [0.25, 0.3) is 0 Å². The molecule has 0 fully saturated rings. The van der Waals surface area contributed by atoms with E-state index in [1.807, 2.05) is 50.2 Å². The number of anilines is 1. The monoisotopic (exact) mass is 227 g/mol. The molecular weight excluding hydrogens is 210 g/mol. The number of hydrogen-bond acceptors (Lipinski definition) is 2. The highest BCUT2D eigenvalue weighted by atomic mass is 16.1. The molecule has 2 heteroatoms. The minimum absolute atomic E-state index is 0.0264. The topological polar surface area (TPSA) is 43.1 Å². The first-order valence-electron chi connectivity index (χ1n) is 5.96. The molecule has 1 atom stereocenters. The second-order valence-corrected chi connectivity index (χ2v) is 4.46. The molecule has 0 spiro atoms. The molecular formula is C15H17NO. The number of carbonyl (C=O) groups is 1. The third-order valence-electron chi connectivity index (χ3n) is 3.24. The molecule has 2 rings (SSSR count). The molecule has 2 aromatic carbocycles. The molecule has 0 aromatic heterocycles. The Bertz CT molecular complexity index is 560. The second-order valence-electron chi connectivity index (χ2n) is 4.46. The van der Waals surface area contributed by atoms with Gasteiger partial charge in [-0.25, -0.2) is 0 Å². The van der Waals surface area contributed by atoms with E-state index in [2.05, 4.69) is 0 Å². The Morgan fingerprint density at radius 3 is 2.41 bits per heavy atom. The van der Waals surface area contributed by atoms with Crippen LogP contribution in [0.15, 0.2) is 36.4 Å². The Labute approximate surface area is 101 Å². The van der Waals surface area contributed by atoms with Crippen molar-refractivity contribution in [1.82, 2.24) is 0 Å². The van der Waals surface area contributed by atoms with Crippen molar-refractivity contribution in [1.29, 1.82) is 0 Å². The summed E-state index contributed by atoms with van der Waals surface area (Å²) in [6, 6.07) is 11.7. The number of benzene rings is 2. The number of rotatable bonds is 3. The Hall–Kier alpha value is -1.83. The molecule has 0 aliphatic carbocycles. The van der Waals surface area contributed by atoms with Crippen molar-refractivity contribution in [3.63, 3.8) is 0 Å². The SMILES string of the molecule is CCC(C)C(=O)c1cc2ccccc2cc1N. The van der Waals surface area contributed by atoms with E-state index < -0.39 is 0 Å². The first kappa shape index (κ1) is 11.6. The predicted octanol–water partition coefficient (Wildman–Crippen LogP) is 3.65. The molecule has 0 saturated heterocycles. The predicted molar refractivity (Wildman–Crippen MR) is 72.1 cm³/mol. The normalized spacial score (nSPS) is 12.6. The first-order chi connectivity index (χ1) is 8.13. The van der Waals surface area contributed by atoms with Crippen molar-refractivity contribution in [3.8, 4) is 0 Å². The van der Waals surface area contributed by atoms with Gasteiger partial charge >= 0.3 is 0 Å². The number of nitrogens with two attached hydrogens (primary N) is 1. The fourth-order valence-corrected chi connectivity index (χ4v) is 1.92. The number of fused-ring (bicyclic) bond motifs is 1. The van der Waals surface area contributed by atoms with Gasteiger partial charge in [-0.15, -0.1) is 0 Å². The molecule has 0 bridgehead atoms. The molecule has 0 radical (unpaired) electrons. The van der Waals surface area contributed by atoms with Crippen molar-refractivity contribution in [2.75, 3.05) is 5.73 Å². The maximum atomic E-state index is 12.2. The Kier molecular flexibility index (Phi) is 3.14. The number of ketones is 1. The van der Waals surface area contributed by atoms with Crippen molar-refractivity contribution < 1.29 is 4.79 Å². The van der Waals surface area contributed by atoms with Crippen LogP contribution in [0.25, 0.3) is 10.8 Å². The van der Waals surface area contributed by atoms with E-state index in [1.54, 1.807) is 0 Å². The maximum Gasteiger partial charge on any atom is 0.167 e. The highest BCUT2D eigenvalue weighted by molar-refractivity contribution is 6.06. The molecule has 0 amide bonds. The Morgan fingerprint density at radius 1 is 1.24 bits per heavy atom. The summed E-state index contributed by atoms with van der Waals surface area (Å²) in [5, 5.41) is 2.14. The van der Waals surface area contributed by atoms with Gasteiger partial charge in [-0.3, -0.25) is 4.79 Å². The molecule has 88 valence electrons. The summed E-state index contributed by atoms with van der Waals surface area (Å²) in [5.41, 5.74) is 7.19. The molecule has 2 N–H and O–H groups in total. The summed E-state index contributed by atoms with van der Waals surface area (Å²) < 4.78 is 0. The third kappa shape index (κ3) is 2.16. The molecule has 0 heterocycles. The van der Waals surface area contributed by atoms with Crippen molar-refractivity contribution in [2.24, 2.45) is 5.92 Å². The molecule has 2 aromatic rings. The van der Waals surface area contributed by atoms with E-state index in [0.717, 1.165) is 17.2 Å². The smallest absolute Gasteiger partial charge is 0.167 e. The van der Waals surface area contributed by atoms with Crippen LogP contribution >= 0.6 is 0 Å². The third-order valence-corrected chi connectivity index (χ3v) is 3.24. The molecule has 1 unspecified atom stereocenters. The standard InChI is InChI=1S/C15H17NO/c1-3-10(2)15(17)13-8-11-6-4-5-7-12(11)9-14(13)16/h4-10H,3,16H2,1-2H3. The van der Waals surface area contributed by atoms with Crippen molar-refractivity contribution in [2.45, 2.75) is 20.3 Å². The summed E-state index contributed by atoms with van der Waals surface area (Å²) in [5.74, 6) is 0.161. The van der Waals surface area contributed by atoms with Gasteiger partial charge in [-0.2, -0.15) is 0 Å². The van der Waals surface area contributed by atoms with Gasteiger partial charge in [-0.05, 0) is 29.3 Å². The number of hydrogen-bond donors (Lipinski definition) is 1. The van der Waals surface area contributed by atoms with E-state index in [4.69, 9.17) is 5.73 Å². The van der Waals surface area contributed by atoms with Crippen LogP contribution in [0.2, 0.25) is 0 Å². The lowest BCUT2D eigenvalue weighted by Gasteiger charge is -2.11. The zero-order chi connectivity index (χ0) is 12.4. The molecule has 17 heavy (non-hydrogen) atoms. The van der Waals surface area contributed by atoms with Crippen molar-refractivity contribution >= 4 is 22.2 Å². The lowest BCUT2D eigenvalue weighted by molar-refractivity contribution is 0.0928. The van der Waals surface area contributed by atoms with Crippen molar-refractivity contribution in [3.05, 3.63) is 42.0 Å². The summed E-state index contributed by atoms with van der Waals surface area (Å²) in [6.07, 6.45) is 0.838. The molecule has 2 nitrogen and oxygen atoms in total. The van der Waals surface area contributed by atoms with Crippen LogP contribution in [0.5, 0.6) is 0 Å². The molecule has 0 aliphatic rings. The van der Waals surface area contributed by atoms with Crippen LogP contribution in [-0.4, -0.2) is 5.78 Å². The zero-order valence-electron chi connectivity index (χ0n) is 10.2. The zero-order valence-corrected chi connectivity index (χ0v) is 10.2. The van der Waals surface area contributed by atoms with Crippen LogP contribution < -0.4 is 5.73 Å². The van der Waals surface area contributed by atoms with Crippen LogP contribution in [0.4, 0.5) is 5.69 Å². The van der Waals surface area contributed by atoms with Gasteiger partial charge < -0.3 is 5.73 Å². The maximum absolute atomic E-state index is 12.2. The van der Waals surface area contributed by atoms with Gasteiger partial charge in [0.15, 0.2) is 5.78 Å². The highest BCUT2D eigenvalue weighted by Gasteiger charge is 2.16. The van der Waals surface area contributed by atoms with Crippen LogP contribution in [0, 0.1) is 5.92 Å². The summed E-state index contributed by atoms with van der Waals surface area (Å²) in [6.45, 7) is 3.96. The van der Waals surface area contributed by atoms with E-state index in [9.17, 15) is 4.79 Å². The van der Waals surface area contributed by atoms with Gasteiger partial charge in [0.2, 0.25) is 0 Å². The Morgan fingerprint density at radius 2 is 1.82 bits per heavy atom. The van der Waals surface area contributed by atoms with Gasteiger partial charge in [0.05, 0.1) is 0 Å². The largest absolute Gasteiger partial charge is 0.398 e. The number of nitrogen functional groups attached to an aromatic ring is 1. The minimum Gasteiger partial charge on any atom is -0.398 e. The van der Waals surface area contributed by atoms with Gasteiger partial charge in [-0.1, -0.05) is 38.1 Å². The average molecular weight is 227 g/mol. The summed E-state index contributed by atoms with van der Waals surface area (Å²) >= 11 is 0. The number of carbonyl (C=O) groups excluding carboxylic acids is 1. The van der Waals surface area contributed by atoms with E-state index in [1.165, 1.54) is 0 Å². The van der Waals surface area contributed by atoms with E-state index >= 15 is 0 Å². The van der Waals surface area contributed by atoms with Crippen LogP contribution in [0.1, 0.15) is 30.6 Å². The lowest BCUT2D eigenvalue weighted by atomic mass is 9.94. The second kappa shape index (κ2) is 4.58. The number of Topliss-reactive ketones (excluding diaryl/α,β-unsaturated/α-hetero) is 1. The highest BCUT2D eigenvalue weighted by Crippen LogP contribution is 2.24. The fourth-order valence-electron chi connectivity index (χ4n) is 1.92. The first-order valence-corrected chi connectivity index (χ1v) is 5.96. The Balaban J connectivity index is 2.54. The summed E-state index contributed by atoms with van der Waals surface area (Å²) in [4.78, 5) is 12.2. The average Bonchev–Trinajstić information content (AvgIpc) is 2.36. The lowest BCUT2D eigenvalue weighted by Crippen LogP contribution is -2.12. The van der Waals surface area contributed by atoms with Crippen LogP contribution in [0.3, 0.4) is 0 Å². The minimum atomic E-state index is 0.0264. The quantitative estimate of drug-likeness (QED) is 0.642.